The standard InChI is InChI=1S/C29H18N6S/c1-2-8-22-21(7-1)33-18-30-17-25(33)29-32-31-28(35(22)29)19-13-15-20(16-14-19)34-23-9-3-5-11-26(23)36-27-12-6-4-10-24(27)34/h1-18H. The highest BCUT2D eigenvalue weighted by molar-refractivity contribution is 7.99. The van der Waals surface area contributed by atoms with Crippen LogP contribution in [0.1, 0.15) is 0 Å². The molecule has 7 heteroatoms. The highest BCUT2D eigenvalue weighted by Crippen LogP contribution is 2.51. The molecule has 4 aromatic carbocycles. The van der Waals surface area contributed by atoms with Gasteiger partial charge in [0, 0.05) is 21.0 Å². The average molecular weight is 483 g/mol. The molecular formula is C29H18N6S. The van der Waals surface area contributed by atoms with Gasteiger partial charge in [-0.1, -0.05) is 48.2 Å². The van der Waals surface area contributed by atoms with Gasteiger partial charge in [-0.05, 0) is 60.7 Å². The van der Waals surface area contributed by atoms with E-state index in [1.165, 1.54) is 21.2 Å². The lowest BCUT2D eigenvalue weighted by Crippen LogP contribution is -2.14. The van der Waals surface area contributed by atoms with Crippen molar-refractivity contribution >= 4 is 51.0 Å². The molecule has 7 aromatic rings. The Labute approximate surface area is 210 Å². The van der Waals surface area contributed by atoms with Gasteiger partial charge in [0.15, 0.2) is 11.5 Å². The highest BCUT2D eigenvalue weighted by Gasteiger charge is 2.24. The van der Waals surface area contributed by atoms with Gasteiger partial charge in [-0.2, -0.15) is 0 Å². The average Bonchev–Trinajstić information content (AvgIpc) is 3.60. The molecule has 0 radical (unpaired) electrons. The maximum atomic E-state index is 4.61. The minimum Gasteiger partial charge on any atom is -0.308 e. The summed E-state index contributed by atoms with van der Waals surface area (Å²) in [5, 5.41) is 9.17. The Bertz CT molecular complexity index is 1890. The second-order valence-corrected chi connectivity index (χ2v) is 9.82. The van der Waals surface area contributed by atoms with Crippen LogP contribution in [0.2, 0.25) is 0 Å². The number of fused-ring (bicyclic) bond motifs is 8. The molecule has 0 saturated carbocycles. The number of nitrogens with zero attached hydrogens (tertiary/aromatic N) is 6. The third-order valence-electron chi connectivity index (χ3n) is 6.73. The van der Waals surface area contributed by atoms with Crippen molar-refractivity contribution in [3.05, 3.63) is 110 Å². The van der Waals surface area contributed by atoms with Gasteiger partial charge in [0.05, 0.1) is 34.9 Å². The lowest BCUT2D eigenvalue weighted by molar-refractivity contribution is 1.12. The number of hydrogen-bond donors (Lipinski definition) is 0. The summed E-state index contributed by atoms with van der Waals surface area (Å²) in [4.78, 5) is 9.19. The molecule has 0 atom stereocenters. The summed E-state index contributed by atoms with van der Waals surface area (Å²) in [6.07, 6.45) is 3.67. The summed E-state index contributed by atoms with van der Waals surface area (Å²) in [7, 11) is 0. The van der Waals surface area contributed by atoms with E-state index in [-0.39, 0.29) is 0 Å². The van der Waals surface area contributed by atoms with E-state index in [1.807, 2.05) is 36.4 Å². The predicted molar refractivity (Wildman–Crippen MR) is 143 cm³/mol. The number of benzene rings is 4. The van der Waals surface area contributed by atoms with Crippen LogP contribution in [0.15, 0.2) is 119 Å². The van der Waals surface area contributed by atoms with Crippen LogP contribution in [-0.4, -0.2) is 24.0 Å². The van der Waals surface area contributed by atoms with E-state index >= 15 is 0 Å². The third-order valence-corrected chi connectivity index (χ3v) is 7.86. The minimum atomic E-state index is 0.793. The predicted octanol–water partition coefficient (Wildman–Crippen LogP) is 7.13. The first-order chi connectivity index (χ1) is 17.9. The van der Waals surface area contributed by atoms with E-state index in [0.29, 0.717) is 0 Å². The molecule has 0 bridgehead atoms. The first-order valence-electron chi connectivity index (χ1n) is 11.7. The van der Waals surface area contributed by atoms with Crippen LogP contribution in [0.3, 0.4) is 0 Å². The van der Waals surface area contributed by atoms with Gasteiger partial charge in [0.2, 0.25) is 0 Å². The van der Waals surface area contributed by atoms with Crippen molar-refractivity contribution < 1.29 is 0 Å². The molecule has 1 aliphatic rings. The second kappa shape index (κ2) is 7.44. The van der Waals surface area contributed by atoms with Gasteiger partial charge < -0.3 is 4.90 Å². The lowest BCUT2D eigenvalue weighted by atomic mass is 10.1. The van der Waals surface area contributed by atoms with E-state index < -0.39 is 0 Å². The van der Waals surface area contributed by atoms with E-state index in [1.54, 1.807) is 0 Å². The molecule has 170 valence electrons. The first kappa shape index (κ1) is 19.7. The van der Waals surface area contributed by atoms with Crippen molar-refractivity contribution in [1.82, 2.24) is 24.0 Å². The highest BCUT2D eigenvalue weighted by atomic mass is 32.2. The Morgan fingerprint density at radius 1 is 0.611 bits per heavy atom. The summed E-state index contributed by atoms with van der Waals surface area (Å²) in [5.74, 6) is 0.812. The lowest BCUT2D eigenvalue weighted by Gasteiger charge is -2.32. The molecule has 0 amide bonds. The zero-order valence-corrected chi connectivity index (χ0v) is 19.8. The fraction of sp³-hybridized carbons (Fsp3) is 0. The molecule has 6 nitrogen and oxygen atoms in total. The molecule has 36 heavy (non-hydrogen) atoms. The van der Waals surface area contributed by atoms with Crippen LogP contribution >= 0.6 is 11.8 Å². The van der Waals surface area contributed by atoms with Crippen LogP contribution in [0.5, 0.6) is 0 Å². The zero-order chi connectivity index (χ0) is 23.6. The van der Waals surface area contributed by atoms with Gasteiger partial charge in [0.1, 0.15) is 5.52 Å². The molecule has 0 spiro atoms. The van der Waals surface area contributed by atoms with Crippen LogP contribution in [0.25, 0.3) is 33.6 Å². The molecular weight excluding hydrogens is 464 g/mol. The number of imidazole rings is 1. The Balaban J connectivity index is 1.30. The summed E-state index contributed by atoms with van der Waals surface area (Å²) >= 11 is 1.82. The van der Waals surface area contributed by atoms with Crippen molar-refractivity contribution in [2.75, 3.05) is 4.90 Å². The molecule has 1 aliphatic heterocycles. The van der Waals surface area contributed by atoms with Crippen molar-refractivity contribution in [1.29, 1.82) is 0 Å². The zero-order valence-electron chi connectivity index (χ0n) is 19.0. The van der Waals surface area contributed by atoms with Crippen LogP contribution in [-0.2, 0) is 0 Å². The van der Waals surface area contributed by atoms with E-state index in [9.17, 15) is 0 Å². The third kappa shape index (κ3) is 2.71. The molecule has 0 fully saturated rings. The number of rotatable bonds is 2. The number of para-hydroxylation sites is 4. The summed E-state index contributed by atoms with van der Waals surface area (Å²) in [6.45, 7) is 0. The monoisotopic (exact) mass is 482 g/mol. The number of anilines is 3. The molecule has 0 aliphatic carbocycles. The molecule has 3 aromatic heterocycles. The Hall–Kier alpha value is -4.62. The SMILES string of the molecule is c1ccc2c(c1)Sc1ccccc1N2c1ccc(-c2nnc3c4cncn4c4ccccc4n23)cc1. The van der Waals surface area contributed by atoms with Crippen molar-refractivity contribution in [3.8, 4) is 11.4 Å². The summed E-state index contributed by atoms with van der Waals surface area (Å²) in [5.41, 5.74) is 8.33. The maximum absolute atomic E-state index is 4.61. The fourth-order valence-electron chi connectivity index (χ4n) is 5.12. The first-order valence-corrected chi connectivity index (χ1v) is 12.5. The Morgan fingerprint density at radius 2 is 1.28 bits per heavy atom. The quantitative estimate of drug-likeness (QED) is 0.262. The molecule has 4 heterocycles. The van der Waals surface area contributed by atoms with Crippen LogP contribution < -0.4 is 4.90 Å². The molecule has 0 saturated heterocycles. The maximum Gasteiger partial charge on any atom is 0.187 e. The van der Waals surface area contributed by atoms with E-state index in [0.717, 1.165) is 39.3 Å². The van der Waals surface area contributed by atoms with Crippen LogP contribution in [0, 0.1) is 0 Å². The summed E-state index contributed by atoms with van der Waals surface area (Å²) < 4.78 is 4.19. The van der Waals surface area contributed by atoms with E-state index in [2.05, 4.69) is 114 Å². The van der Waals surface area contributed by atoms with Gasteiger partial charge in [-0.3, -0.25) is 8.80 Å². The molecule has 0 unspecified atom stereocenters. The Kier molecular flexibility index (Phi) is 4.06. The summed E-state index contributed by atoms with van der Waals surface area (Å²) in [6, 6.07) is 34.0. The van der Waals surface area contributed by atoms with Gasteiger partial charge >= 0.3 is 0 Å². The fourth-order valence-corrected chi connectivity index (χ4v) is 6.17. The van der Waals surface area contributed by atoms with Gasteiger partial charge in [0.25, 0.3) is 0 Å². The van der Waals surface area contributed by atoms with Gasteiger partial charge in [-0.15, -0.1) is 10.2 Å². The van der Waals surface area contributed by atoms with Crippen molar-refractivity contribution in [2.45, 2.75) is 9.79 Å². The number of hydrogen-bond acceptors (Lipinski definition) is 5. The van der Waals surface area contributed by atoms with Crippen molar-refractivity contribution in [2.24, 2.45) is 0 Å². The smallest absolute Gasteiger partial charge is 0.187 e. The van der Waals surface area contributed by atoms with Gasteiger partial charge in [-0.25, -0.2) is 4.98 Å². The minimum absolute atomic E-state index is 0.793. The van der Waals surface area contributed by atoms with Crippen LogP contribution in [0.4, 0.5) is 17.1 Å². The normalized spacial score (nSPS) is 12.8. The topological polar surface area (TPSA) is 50.7 Å². The van der Waals surface area contributed by atoms with Crippen molar-refractivity contribution in [3.63, 3.8) is 0 Å². The number of aromatic nitrogens is 5. The molecule has 0 N–H and O–H groups in total. The molecule has 8 rings (SSSR count). The Morgan fingerprint density at radius 3 is 2.03 bits per heavy atom. The largest absolute Gasteiger partial charge is 0.308 e. The van der Waals surface area contributed by atoms with E-state index in [4.69, 9.17) is 0 Å². The second-order valence-electron chi connectivity index (χ2n) is 8.74.